The van der Waals surface area contributed by atoms with E-state index in [0.29, 0.717) is 12.3 Å². The maximum absolute atomic E-state index is 13.2. The summed E-state index contributed by atoms with van der Waals surface area (Å²) in [5.41, 5.74) is 0.474. The Morgan fingerprint density at radius 2 is 2.00 bits per heavy atom. The number of rotatable bonds is 4. The Morgan fingerprint density at radius 3 is 2.73 bits per heavy atom. The molecule has 0 spiro atoms. The number of anilines is 1. The van der Waals surface area contributed by atoms with E-state index in [1.165, 1.54) is 34.6 Å². The Kier molecular flexibility index (Phi) is 5.36. The molecule has 3 rings (SSSR count). The third kappa shape index (κ3) is 4.09. The summed E-state index contributed by atoms with van der Waals surface area (Å²) in [5, 5.41) is 2.60. The second kappa shape index (κ2) is 7.53. The van der Waals surface area contributed by atoms with Gasteiger partial charge in [-0.2, -0.15) is 4.31 Å². The van der Waals surface area contributed by atoms with Gasteiger partial charge >= 0.3 is 0 Å². The Balaban J connectivity index is 1.80. The molecule has 8 heteroatoms. The number of ether oxygens (including phenoxy) is 1. The van der Waals surface area contributed by atoms with Crippen LogP contribution < -0.4 is 5.32 Å². The fourth-order valence-corrected chi connectivity index (χ4v) is 4.27. The minimum atomic E-state index is -3.68. The van der Waals surface area contributed by atoms with Crippen molar-refractivity contribution in [2.24, 2.45) is 0 Å². The van der Waals surface area contributed by atoms with Gasteiger partial charge in [-0.25, -0.2) is 12.8 Å². The van der Waals surface area contributed by atoms with Crippen LogP contribution in [-0.2, 0) is 14.8 Å². The molecule has 1 aliphatic rings. The highest BCUT2D eigenvalue weighted by Gasteiger charge is 2.29. The molecule has 138 valence electrons. The molecule has 2 aromatic carbocycles. The molecule has 2 aromatic rings. The lowest BCUT2D eigenvalue weighted by molar-refractivity contribution is 0.0102. The SMILES string of the molecule is CC1CN(S(=O)(=O)c2cccc(NC(=O)c3cccc(F)c3)c2)CCO1. The fourth-order valence-electron chi connectivity index (χ4n) is 2.72. The first-order valence-electron chi connectivity index (χ1n) is 8.15. The van der Waals surface area contributed by atoms with Crippen LogP contribution in [-0.4, -0.2) is 44.4 Å². The zero-order valence-electron chi connectivity index (χ0n) is 14.2. The van der Waals surface area contributed by atoms with Crippen molar-refractivity contribution in [3.63, 3.8) is 0 Å². The molecule has 1 atom stereocenters. The molecule has 1 N–H and O–H groups in total. The number of nitrogens with zero attached hydrogens (tertiary/aromatic N) is 1. The van der Waals surface area contributed by atoms with Gasteiger partial charge in [0.15, 0.2) is 0 Å². The molecule has 0 saturated carbocycles. The molecule has 1 fully saturated rings. The predicted molar refractivity (Wildman–Crippen MR) is 95.0 cm³/mol. The van der Waals surface area contributed by atoms with Crippen molar-refractivity contribution in [2.45, 2.75) is 17.9 Å². The van der Waals surface area contributed by atoms with Gasteiger partial charge in [-0.3, -0.25) is 4.79 Å². The van der Waals surface area contributed by atoms with Crippen molar-refractivity contribution in [1.29, 1.82) is 0 Å². The number of hydrogen-bond acceptors (Lipinski definition) is 4. The molecule has 1 unspecified atom stereocenters. The van der Waals surface area contributed by atoms with E-state index >= 15 is 0 Å². The van der Waals surface area contributed by atoms with E-state index in [1.807, 2.05) is 6.92 Å². The Bertz CT molecular complexity index is 917. The summed E-state index contributed by atoms with van der Waals surface area (Å²) in [6.07, 6.45) is -0.172. The molecular weight excluding hydrogens is 359 g/mol. The highest BCUT2D eigenvalue weighted by molar-refractivity contribution is 7.89. The molecule has 26 heavy (non-hydrogen) atoms. The monoisotopic (exact) mass is 378 g/mol. The number of benzene rings is 2. The molecular formula is C18H19FN2O4S. The minimum absolute atomic E-state index is 0.0867. The number of amides is 1. The van der Waals surface area contributed by atoms with Gasteiger partial charge in [0.1, 0.15) is 5.82 Å². The first kappa shape index (κ1) is 18.5. The molecule has 0 radical (unpaired) electrons. The summed E-state index contributed by atoms with van der Waals surface area (Å²) >= 11 is 0. The Labute approximate surface area is 151 Å². The van der Waals surface area contributed by atoms with Crippen LogP contribution in [0.4, 0.5) is 10.1 Å². The van der Waals surface area contributed by atoms with Gasteiger partial charge in [0, 0.05) is 24.3 Å². The van der Waals surface area contributed by atoms with Gasteiger partial charge in [0.25, 0.3) is 5.91 Å². The van der Waals surface area contributed by atoms with E-state index in [-0.39, 0.29) is 29.7 Å². The van der Waals surface area contributed by atoms with Crippen molar-refractivity contribution in [1.82, 2.24) is 4.31 Å². The maximum atomic E-state index is 13.2. The molecule has 0 aliphatic carbocycles. The topological polar surface area (TPSA) is 75.7 Å². The number of hydrogen-bond donors (Lipinski definition) is 1. The summed E-state index contributed by atoms with van der Waals surface area (Å²) in [7, 11) is -3.68. The summed E-state index contributed by atoms with van der Waals surface area (Å²) in [6.45, 7) is 2.72. The van der Waals surface area contributed by atoms with Crippen molar-refractivity contribution in [2.75, 3.05) is 25.0 Å². The van der Waals surface area contributed by atoms with E-state index in [2.05, 4.69) is 5.32 Å². The van der Waals surface area contributed by atoms with Gasteiger partial charge < -0.3 is 10.1 Å². The normalized spacial score (nSPS) is 18.5. The van der Waals surface area contributed by atoms with Gasteiger partial charge in [0.2, 0.25) is 10.0 Å². The standard InChI is InChI=1S/C18H19FN2O4S/c1-13-12-21(8-9-25-13)26(23,24)17-7-3-6-16(11-17)20-18(22)14-4-2-5-15(19)10-14/h2-7,10-11,13H,8-9,12H2,1H3,(H,20,22). The van der Waals surface area contributed by atoms with Crippen LogP contribution >= 0.6 is 0 Å². The molecule has 1 heterocycles. The third-order valence-corrected chi connectivity index (χ3v) is 5.88. The molecule has 0 aromatic heterocycles. The summed E-state index contributed by atoms with van der Waals surface area (Å²) in [5.74, 6) is -1.03. The quantitative estimate of drug-likeness (QED) is 0.887. The van der Waals surface area contributed by atoms with Crippen LogP contribution in [0.2, 0.25) is 0 Å². The van der Waals surface area contributed by atoms with E-state index in [4.69, 9.17) is 4.74 Å². The average molecular weight is 378 g/mol. The summed E-state index contributed by atoms with van der Waals surface area (Å²) in [6, 6.07) is 11.3. The van der Waals surface area contributed by atoms with Crippen molar-refractivity contribution in [3.8, 4) is 0 Å². The zero-order chi connectivity index (χ0) is 18.7. The van der Waals surface area contributed by atoms with E-state index < -0.39 is 21.7 Å². The van der Waals surface area contributed by atoms with Crippen LogP contribution in [0.25, 0.3) is 0 Å². The zero-order valence-corrected chi connectivity index (χ0v) is 15.0. The van der Waals surface area contributed by atoms with Crippen LogP contribution in [0.1, 0.15) is 17.3 Å². The first-order chi connectivity index (χ1) is 12.4. The van der Waals surface area contributed by atoms with Crippen LogP contribution in [0, 0.1) is 5.82 Å². The van der Waals surface area contributed by atoms with Gasteiger partial charge in [-0.05, 0) is 43.3 Å². The van der Waals surface area contributed by atoms with Crippen LogP contribution in [0.3, 0.4) is 0 Å². The van der Waals surface area contributed by atoms with Crippen LogP contribution in [0.15, 0.2) is 53.4 Å². The van der Waals surface area contributed by atoms with E-state index in [0.717, 1.165) is 6.07 Å². The first-order valence-corrected chi connectivity index (χ1v) is 9.59. The molecule has 1 amide bonds. The summed E-state index contributed by atoms with van der Waals surface area (Å²) < 4.78 is 45.6. The maximum Gasteiger partial charge on any atom is 0.255 e. The number of halogens is 1. The van der Waals surface area contributed by atoms with Crippen molar-refractivity contribution < 1.29 is 22.3 Å². The number of nitrogens with one attached hydrogen (secondary N) is 1. The largest absolute Gasteiger partial charge is 0.376 e. The number of sulfonamides is 1. The lowest BCUT2D eigenvalue weighted by atomic mass is 10.2. The highest BCUT2D eigenvalue weighted by Crippen LogP contribution is 2.22. The smallest absolute Gasteiger partial charge is 0.255 e. The Hall–Kier alpha value is -2.29. The lowest BCUT2D eigenvalue weighted by Gasteiger charge is -2.30. The van der Waals surface area contributed by atoms with Gasteiger partial charge in [0.05, 0.1) is 17.6 Å². The fraction of sp³-hybridized carbons (Fsp3) is 0.278. The van der Waals surface area contributed by atoms with Gasteiger partial charge in [-0.15, -0.1) is 0 Å². The highest BCUT2D eigenvalue weighted by atomic mass is 32.2. The Morgan fingerprint density at radius 1 is 1.23 bits per heavy atom. The van der Waals surface area contributed by atoms with Crippen molar-refractivity contribution in [3.05, 3.63) is 59.9 Å². The average Bonchev–Trinajstić information content (AvgIpc) is 2.62. The molecule has 6 nitrogen and oxygen atoms in total. The van der Waals surface area contributed by atoms with Crippen molar-refractivity contribution >= 4 is 21.6 Å². The lowest BCUT2D eigenvalue weighted by Crippen LogP contribution is -2.44. The number of carbonyl (C=O) groups excluding carboxylic acids is 1. The number of carbonyl (C=O) groups is 1. The second-order valence-electron chi connectivity index (χ2n) is 6.04. The molecule has 0 bridgehead atoms. The third-order valence-electron chi connectivity index (χ3n) is 4.02. The number of morpholine rings is 1. The summed E-state index contributed by atoms with van der Waals surface area (Å²) in [4.78, 5) is 12.3. The van der Waals surface area contributed by atoms with Gasteiger partial charge in [-0.1, -0.05) is 12.1 Å². The minimum Gasteiger partial charge on any atom is -0.376 e. The van der Waals surface area contributed by atoms with Crippen LogP contribution in [0.5, 0.6) is 0 Å². The molecule has 1 aliphatic heterocycles. The predicted octanol–water partition coefficient (Wildman–Crippen LogP) is 2.49. The van der Waals surface area contributed by atoms with E-state index in [9.17, 15) is 17.6 Å². The molecule has 1 saturated heterocycles. The second-order valence-corrected chi connectivity index (χ2v) is 7.97. The van der Waals surface area contributed by atoms with E-state index in [1.54, 1.807) is 12.1 Å².